The molecule has 274 valence electrons. The molecule has 0 aliphatic carbocycles. The standard InChI is InChI=1S/C42H47NO4S5/c1-4-6-8-10-12-14-16-28-24-30(26-31(43-3)42(44)45)49-39(28)34-20-21-35(51-34)40-29(17-15-13-11-9-7-5-2)25-37(52-40)33-18-19-36(50-33)41-38-32(27-48-41)46-22-23-47-38/h18-21,24-27H,4-17,22-23H2,1-2H3,(H,44,45)/b31-26-. The summed E-state index contributed by atoms with van der Waals surface area (Å²) >= 11 is 8.85. The van der Waals surface area contributed by atoms with Gasteiger partial charge in [0.05, 0.1) is 11.4 Å². The molecule has 1 N–H and O–H groups in total. The van der Waals surface area contributed by atoms with Gasteiger partial charge in [-0.05, 0) is 79.3 Å². The van der Waals surface area contributed by atoms with Crippen LogP contribution in [0.3, 0.4) is 0 Å². The van der Waals surface area contributed by atoms with Crippen LogP contribution in [-0.2, 0) is 17.6 Å². The maximum Gasteiger partial charge on any atom is 0.333 e. The first-order chi connectivity index (χ1) is 25.5. The van der Waals surface area contributed by atoms with Gasteiger partial charge in [-0.1, -0.05) is 78.1 Å². The highest BCUT2D eigenvalue weighted by Crippen LogP contribution is 2.51. The number of rotatable bonds is 20. The molecule has 6 rings (SSSR count). The first kappa shape index (κ1) is 38.5. The van der Waals surface area contributed by atoms with Gasteiger partial charge in [0.15, 0.2) is 11.5 Å². The van der Waals surface area contributed by atoms with Crippen molar-refractivity contribution in [2.75, 3.05) is 13.2 Å². The SMILES string of the molecule is [C-]#[N+]/C(=C\c1cc(CCCCCCCC)c(-c2ccc(-c3sc(-c4ccc(-c5scc6c5OCCO6)s4)cc3CCCCCCCC)s2)s1)C(=O)O. The van der Waals surface area contributed by atoms with E-state index in [2.05, 4.69) is 60.5 Å². The summed E-state index contributed by atoms with van der Waals surface area (Å²) in [6.45, 7) is 13.1. The van der Waals surface area contributed by atoms with Gasteiger partial charge >= 0.3 is 5.97 Å². The third kappa shape index (κ3) is 9.66. The monoisotopic (exact) mass is 789 g/mol. The lowest BCUT2D eigenvalue weighted by Gasteiger charge is -2.15. The quantitative estimate of drug-likeness (QED) is 0.0485. The number of carbonyl (C=O) groups is 1. The number of nitrogens with zero attached hydrogens (tertiary/aromatic N) is 1. The zero-order chi connectivity index (χ0) is 36.3. The molecule has 0 amide bonds. The first-order valence-electron chi connectivity index (χ1n) is 18.6. The fourth-order valence-corrected chi connectivity index (χ4v) is 12.3. The maximum absolute atomic E-state index is 11.7. The van der Waals surface area contributed by atoms with Crippen molar-refractivity contribution < 1.29 is 19.4 Å². The third-order valence-corrected chi connectivity index (χ3v) is 15.4. The van der Waals surface area contributed by atoms with Gasteiger partial charge in [0.2, 0.25) is 0 Å². The second-order valence-electron chi connectivity index (χ2n) is 13.2. The number of carboxylic acids is 1. The first-order valence-corrected chi connectivity index (χ1v) is 22.8. The number of carboxylic acid groups (broad SMARTS) is 1. The molecule has 6 heterocycles. The Hall–Kier alpha value is -3.20. The van der Waals surface area contributed by atoms with Crippen LogP contribution in [-0.4, -0.2) is 24.3 Å². The van der Waals surface area contributed by atoms with Crippen molar-refractivity contribution in [3.63, 3.8) is 0 Å². The highest BCUT2D eigenvalue weighted by Gasteiger charge is 2.23. The number of ether oxygens (including phenoxy) is 2. The van der Waals surface area contributed by atoms with E-state index >= 15 is 0 Å². The molecular weight excluding hydrogens is 743 g/mol. The van der Waals surface area contributed by atoms with Crippen LogP contribution >= 0.6 is 56.7 Å². The minimum absolute atomic E-state index is 0.243. The lowest BCUT2D eigenvalue weighted by atomic mass is 10.0. The van der Waals surface area contributed by atoms with E-state index in [1.165, 1.54) is 122 Å². The fourth-order valence-electron chi connectivity index (χ4n) is 6.54. The summed E-state index contributed by atoms with van der Waals surface area (Å²) in [4.78, 5) is 25.8. The molecule has 0 spiro atoms. The topological polar surface area (TPSA) is 60.1 Å². The van der Waals surface area contributed by atoms with Crippen LogP contribution in [0.15, 0.2) is 47.5 Å². The Morgan fingerprint density at radius 3 is 1.92 bits per heavy atom. The number of thiophene rings is 5. The minimum Gasteiger partial charge on any atom is -0.486 e. The molecule has 52 heavy (non-hydrogen) atoms. The predicted molar refractivity (Wildman–Crippen MR) is 225 cm³/mol. The Balaban J connectivity index is 1.29. The molecule has 0 saturated carbocycles. The van der Waals surface area contributed by atoms with E-state index in [4.69, 9.17) is 16.0 Å². The molecule has 1 aliphatic rings. The second kappa shape index (κ2) is 19.2. The van der Waals surface area contributed by atoms with E-state index in [1.807, 2.05) is 34.0 Å². The fraction of sp³-hybridized carbons (Fsp3) is 0.429. The number of hydrogen-bond donors (Lipinski definition) is 1. The average molecular weight is 790 g/mol. The summed E-state index contributed by atoms with van der Waals surface area (Å²) in [6, 6.07) is 13.5. The Kier molecular flexibility index (Phi) is 14.2. The highest BCUT2D eigenvalue weighted by molar-refractivity contribution is 7.29. The third-order valence-electron chi connectivity index (χ3n) is 9.28. The van der Waals surface area contributed by atoms with Crippen molar-refractivity contribution in [1.82, 2.24) is 0 Å². The Labute approximate surface area is 328 Å². The van der Waals surface area contributed by atoms with Gasteiger partial charge < -0.3 is 14.6 Å². The van der Waals surface area contributed by atoms with E-state index in [-0.39, 0.29) is 5.70 Å². The summed E-state index contributed by atoms with van der Waals surface area (Å²) in [5.74, 6) is 0.553. The van der Waals surface area contributed by atoms with Crippen LogP contribution in [0.2, 0.25) is 0 Å². The number of hydrogen-bond acceptors (Lipinski definition) is 8. The minimum atomic E-state index is -1.18. The van der Waals surface area contributed by atoms with Crippen molar-refractivity contribution in [2.45, 2.75) is 104 Å². The summed E-state index contributed by atoms with van der Waals surface area (Å²) in [5, 5.41) is 11.6. The Morgan fingerprint density at radius 2 is 1.27 bits per heavy atom. The lowest BCUT2D eigenvalue weighted by Crippen LogP contribution is -2.14. The Morgan fingerprint density at radius 1 is 0.712 bits per heavy atom. The van der Waals surface area contributed by atoms with E-state index in [9.17, 15) is 9.90 Å². The van der Waals surface area contributed by atoms with Crippen LogP contribution in [0, 0.1) is 6.57 Å². The van der Waals surface area contributed by atoms with Crippen LogP contribution in [0.1, 0.15) is 107 Å². The van der Waals surface area contributed by atoms with Gasteiger partial charge in [-0.3, -0.25) is 4.79 Å². The number of aryl methyl sites for hydroxylation is 2. The smallest absolute Gasteiger partial charge is 0.333 e. The molecule has 1 aliphatic heterocycles. The zero-order valence-corrected chi connectivity index (χ0v) is 34.2. The zero-order valence-electron chi connectivity index (χ0n) is 30.1. The number of aliphatic carboxylic acids is 1. The summed E-state index contributed by atoms with van der Waals surface area (Å²) < 4.78 is 11.8. The molecule has 0 fully saturated rings. The second-order valence-corrected chi connectivity index (χ2v) is 18.4. The van der Waals surface area contributed by atoms with Crippen LogP contribution in [0.25, 0.3) is 49.9 Å². The predicted octanol–water partition coefficient (Wildman–Crippen LogP) is 14.6. The average Bonchev–Trinajstić information content (AvgIpc) is 3.99. The molecule has 5 aromatic heterocycles. The summed E-state index contributed by atoms with van der Waals surface area (Å²) in [5.41, 5.74) is 2.44. The molecular formula is C42H47NO4S5. The molecule has 10 heteroatoms. The van der Waals surface area contributed by atoms with Gasteiger partial charge in [-0.25, -0.2) is 4.85 Å². The largest absolute Gasteiger partial charge is 0.486 e. The number of fused-ring (bicyclic) bond motifs is 1. The maximum atomic E-state index is 11.7. The van der Waals surface area contributed by atoms with E-state index in [0.29, 0.717) is 13.2 Å². The van der Waals surface area contributed by atoms with Crippen molar-refractivity contribution >= 4 is 68.7 Å². The summed E-state index contributed by atoms with van der Waals surface area (Å²) in [7, 11) is 0. The number of unbranched alkanes of at least 4 members (excludes halogenated alkanes) is 10. The molecule has 0 radical (unpaired) electrons. The summed E-state index contributed by atoms with van der Waals surface area (Å²) in [6.07, 6.45) is 18.5. The van der Waals surface area contributed by atoms with Gasteiger partial charge in [-0.2, -0.15) is 0 Å². The molecule has 0 aromatic carbocycles. The molecule has 5 aromatic rings. The Bertz CT molecular complexity index is 2000. The molecule has 0 unspecified atom stereocenters. The van der Waals surface area contributed by atoms with Crippen molar-refractivity contribution in [3.05, 3.63) is 74.9 Å². The van der Waals surface area contributed by atoms with Crippen molar-refractivity contribution in [2.24, 2.45) is 0 Å². The lowest BCUT2D eigenvalue weighted by molar-refractivity contribution is -0.132. The van der Waals surface area contributed by atoms with Gasteiger partial charge in [0.25, 0.3) is 5.70 Å². The van der Waals surface area contributed by atoms with Crippen LogP contribution in [0.4, 0.5) is 0 Å². The molecule has 5 nitrogen and oxygen atoms in total. The highest BCUT2D eigenvalue weighted by atomic mass is 32.1. The van der Waals surface area contributed by atoms with Crippen molar-refractivity contribution in [3.8, 4) is 50.5 Å². The van der Waals surface area contributed by atoms with E-state index < -0.39 is 5.97 Å². The van der Waals surface area contributed by atoms with Crippen molar-refractivity contribution in [1.29, 1.82) is 0 Å². The van der Waals surface area contributed by atoms with Gasteiger partial charge in [0.1, 0.15) is 13.2 Å². The van der Waals surface area contributed by atoms with E-state index in [0.717, 1.165) is 40.5 Å². The van der Waals surface area contributed by atoms with Gasteiger partial charge in [0, 0.05) is 44.4 Å². The molecule has 0 saturated heterocycles. The molecule has 0 atom stereocenters. The van der Waals surface area contributed by atoms with Crippen LogP contribution in [0.5, 0.6) is 11.5 Å². The van der Waals surface area contributed by atoms with Gasteiger partial charge in [-0.15, -0.1) is 56.7 Å². The molecule has 0 bridgehead atoms. The van der Waals surface area contributed by atoms with Crippen LogP contribution < -0.4 is 9.47 Å². The normalized spacial score (nSPS) is 12.8. The van der Waals surface area contributed by atoms with E-state index in [1.54, 1.807) is 22.7 Å².